The van der Waals surface area contributed by atoms with E-state index >= 15 is 0 Å². The Kier molecular flexibility index (Phi) is 5.83. The summed E-state index contributed by atoms with van der Waals surface area (Å²) in [6.45, 7) is 0. The van der Waals surface area contributed by atoms with E-state index in [1.165, 1.54) is 0 Å². The minimum Gasteiger partial charge on any atom is -0.497 e. The first-order valence-corrected chi connectivity index (χ1v) is 11.4. The lowest BCUT2D eigenvalue weighted by Gasteiger charge is -2.26. The summed E-state index contributed by atoms with van der Waals surface area (Å²) >= 11 is 7.35. The maximum absolute atomic E-state index is 6.34. The molecule has 0 unspecified atom stereocenters. The quantitative estimate of drug-likeness (QED) is 0.354. The number of thiocarbonyl (C=S) groups is 1. The molecule has 1 aliphatic heterocycles. The van der Waals surface area contributed by atoms with Crippen LogP contribution in [-0.4, -0.2) is 17.2 Å². The topological polar surface area (TPSA) is 50.5 Å². The number of pyridine rings is 1. The summed E-state index contributed by atoms with van der Waals surface area (Å²) in [5, 5.41) is 4.91. The molecule has 5 nitrogen and oxygen atoms in total. The second-order valence-electron chi connectivity index (χ2n) is 7.27. The number of anilines is 1. The van der Waals surface area contributed by atoms with E-state index in [-0.39, 0.29) is 12.1 Å². The number of hydrogen-bond donors (Lipinski definition) is 1. The highest BCUT2D eigenvalue weighted by molar-refractivity contribution is 7.99. The van der Waals surface area contributed by atoms with Gasteiger partial charge in [0.15, 0.2) is 10.2 Å². The molecule has 4 aromatic rings. The molecular weight excluding hydrogens is 438 g/mol. The number of ether oxygens (including phenoxy) is 1. The van der Waals surface area contributed by atoms with Gasteiger partial charge in [0.25, 0.3) is 0 Å². The van der Waals surface area contributed by atoms with Crippen LogP contribution in [0.5, 0.6) is 5.75 Å². The highest BCUT2D eigenvalue weighted by atomic mass is 32.2. The maximum Gasteiger partial charge on any atom is 0.174 e. The van der Waals surface area contributed by atoms with Gasteiger partial charge in [-0.05, 0) is 72.9 Å². The molecule has 0 amide bonds. The van der Waals surface area contributed by atoms with Crippen molar-refractivity contribution in [2.75, 3.05) is 12.0 Å². The van der Waals surface area contributed by atoms with Crippen LogP contribution in [0, 0.1) is 0 Å². The average Bonchev–Trinajstić information content (AvgIpc) is 3.44. The Morgan fingerprint density at radius 1 is 0.969 bits per heavy atom. The lowest BCUT2D eigenvalue weighted by molar-refractivity contribution is 0.383. The van der Waals surface area contributed by atoms with Gasteiger partial charge in [0.2, 0.25) is 0 Å². The van der Waals surface area contributed by atoms with Crippen LogP contribution in [0.25, 0.3) is 0 Å². The summed E-state index contributed by atoms with van der Waals surface area (Å²) < 4.78 is 11.7. The zero-order chi connectivity index (χ0) is 21.9. The fourth-order valence-electron chi connectivity index (χ4n) is 3.82. The predicted octanol–water partition coefficient (Wildman–Crippen LogP) is 6.01. The van der Waals surface area contributed by atoms with Crippen molar-refractivity contribution in [2.24, 2.45) is 0 Å². The van der Waals surface area contributed by atoms with Crippen molar-refractivity contribution in [3.8, 4) is 5.75 Å². The van der Waals surface area contributed by atoms with Crippen LogP contribution in [0.3, 0.4) is 0 Å². The van der Waals surface area contributed by atoms with Crippen molar-refractivity contribution < 1.29 is 9.15 Å². The molecule has 2 atom stereocenters. The number of rotatable bonds is 6. The fourth-order valence-corrected chi connectivity index (χ4v) is 4.96. The summed E-state index contributed by atoms with van der Waals surface area (Å²) in [5.74, 6) is 1.62. The molecular formula is C25H21N3O2S2. The highest BCUT2D eigenvalue weighted by Gasteiger charge is 2.42. The van der Waals surface area contributed by atoms with E-state index in [1.54, 1.807) is 25.1 Å². The maximum atomic E-state index is 6.34. The van der Waals surface area contributed by atoms with Crippen molar-refractivity contribution >= 4 is 34.8 Å². The van der Waals surface area contributed by atoms with Gasteiger partial charge < -0.3 is 19.4 Å². The second-order valence-corrected chi connectivity index (χ2v) is 8.73. The van der Waals surface area contributed by atoms with Gasteiger partial charge in [-0.15, -0.1) is 0 Å². The van der Waals surface area contributed by atoms with Crippen LogP contribution in [0.15, 0.2) is 106 Å². The highest BCUT2D eigenvalue weighted by Crippen LogP contribution is 2.43. The average molecular weight is 460 g/mol. The van der Waals surface area contributed by atoms with E-state index < -0.39 is 0 Å². The lowest BCUT2D eigenvalue weighted by Crippen LogP contribution is -2.29. The van der Waals surface area contributed by atoms with E-state index in [0.29, 0.717) is 5.11 Å². The SMILES string of the molecule is COc1ccc(N2C(=S)N[C@H](c3ccccn3)[C@@H]2c2ccc(Sc3ccccc3)o2)cc1. The first-order valence-electron chi connectivity index (χ1n) is 10.2. The number of nitrogens with one attached hydrogen (secondary N) is 1. The van der Waals surface area contributed by atoms with Crippen LogP contribution in [0.2, 0.25) is 0 Å². The summed E-state index contributed by atoms with van der Waals surface area (Å²) in [6, 6.07) is 27.7. The standard InChI is InChI=1S/C25H21N3O2S2/c1-29-18-12-10-17(11-13-18)28-24(23(27-25(28)31)20-9-5-6-16-26-20)21-14-15-22(30-21)32-19-7-3-2-4-8-19/h2-16,23-24H,1H3,(H,27,31)/t23-,24+/m1/s1. The minimum atomic E-state index is -0.184. The molecule has 0 bridgehead atoms. The Labute approximate surface area is 196 Å². The third kappa shape index (κ3) is 4.09. The minimum absolute atomic E-state index is 0.147. The van der Waals surface area contributed by atoms with Crippen molar-refractivity contribution in [3.05, 3.63) is 103 Å². The largest absolute Gasteiger partial charge is 0.497 e. The zero-order valence-corrected chi connectivity index (χ0v) is 19.0. The summed E-state index contributed by atoms with van der Waals surface area (Å²) in [4.78, 5) is 7.80. The predicted molar refractivity (Wildman–Crippen MR) is 130 cm³/mol. The van der Waals surface area contributed by atoms with Gasteiger partial charge in [-0.3, -0.25) is 4.98 Å². The lowest BCUT2D eigenvalue weighted by atomic mass is 10.0. The molecule has 1 fully saturated rings. The second kappa shape index (κ2) is 9.06. The molecule has 32 heavy (non-hydrogen) atoms. The number of aromatic nitrogens is 1. The number of nitrogens with zero attached hydrogens (tertiary/aromatic N) is 2. The zero-order valence-electron chi connectivity index (χ0n) is 17.3. The summed E-state index contributed by atoms with van der Waals surface area (Å²) in [5.41, 5.74) is 1.87. The van der Waals surface area contributed by atoms with Gasteiger partial charge in [0.05, 0.1) is 18.8 Å². The number of furan rings is 1. The number of benzene rings is 2. The van der Waals surface area contributed by atoms with E-state index in [2.05, 4.69) is 27.3 Å². The first kappa shape index (κ1) is 20.6. The van der Waals surface area contributed by atoms with Gasteiger partial charge in [-0.25, -0.2) is 0 Å². The molecule has 2 aromatic carbocycles. The molecule has 0 spiro atoms. The van der Waals surface area contributed by atoms with Crippen LogP contribution in [0.4, 0.5) is 5.69 Å². The van der Waals surface area contributed by atoms with Gasteiger partial charge >= 0.3 is 0 Å². The van der Waals surface area contributed by atoms with Gasteiger partial charge in [0.1, 0.15) is 17.6 Å². The molecule has 3 heterocycles. The van der Waals surface area contributed by atoms with E-state index in [0.717, 1.165) is 32.9 Å². The number of hydrogen-bond acceptors (Lipinski definition) is 5. The molecule has 1 aliphatic rings. The molecule has 5 rings (SSSR count). The third-order valence-corrected chi connectivity index (χ3v) is 6.55. The smallest absolute Gasteiger partial charge is 0.174 e. The molecule has 1 saturated heterocycles. The Hall–Kier alpha value is -3.29. The van der Waals surface area contributed by atoms with Gasteiger partial charge in [-0.1, -0.05) is 36.0 Å². The van der Waals surface area contributed by atoms with Crippen molar-refractivity contribution in [1.29, 1.82) is 0 Å². The molecule has 0 saturated carbocycles. The van der Waals surface area contributed by atoms with E-state index in [4.69, 9.17) is 21.4 Å². The molecule has 0 aliphatic carbocycles. The van der Waals surface area contributed by atoms with Crippen molar-refractivity contribution in [1.82, 2.24) is 10.3 Å². The van der Waals surface area contributed by atoms with E-state index in [9.17, 15) is 0 Å². The van der Waals surface area contributed by atoms with Crippen LogP contribution < -0.4 is 15.0 Å². The molecule has 160 valence electrons. The number of methoxy groups -OCH3 is 1. The summed E-state index contributed by atoms with van der Waals surface area (Å²) in [7, 11) is 1.66. The Balaban J connectivity index is 1.52. The van der Waals surface area contributed by atoms with Crippen molar-refractivity contribution in [3.63, 3.8) is 0 Å². The molecule has 1 N–H and O–H groups in total. The first-order chi connectivity index (χ1) is 15.7. The van der Waals surface area contributed by atoms with Crippen molar-refractivity contribution in [2.45, 2.75) is 22.1 Å². The van der Waals surface area contributed by atoms with Gasteiger partial charge in [-0.2, -0.15) is 0 Å². The molecule has 7 heteroatoms. The molecule has 0 radical (unpaired) electrons. The third-order valence-electron chi connectivity index (χ3n) is 5.30. The van der Waals surface area contributed by atoms with Crippen LogP contribution in [0.1, 0.15) is 23.5 Å². The fraction of sp³-hybridized carbons (Fsp3) is 0.120. The van der Waals surface area contributed by atoms with E-state index in [1.807, 2.05) is 72.8 Å². The Morgan fingerprint density at radius 2 is 1.75 bits per heavy atom. The summed E-state index contributed by atoms with van der Waals surface area (Å²) in [6.07, 6.45) is 1.80. The normalized spacial score (nSPS) is 17.9. The van der Waals surface area contributed by atoms with Crippen LogP contribution in [-0.2, 0) is 0 Å². The van der Waals surface area contributed by atoms with Crippen LogP contribution >= 0.6 is 24.0 Å². The molecule has 2 aromatic heterocycles. The Morgan fingerprint density at radius 3 is 2.47 bits per heavy atom. The van der Waals surface area contributed by atoms with Gasteiger partial charge in [0, 0.05) is 16.8 Å². The Bertz CT molecular complexity index is 1200. The monoisotopic (exact) mass is 459 g/mol.